The molecule has 3 rings (SSSR count). The molecule has 0 atom stereocenters. The molecule has 0 aliphatic carbocycles. The molecule has 1 N–H and O–H groups in total. The molecule has 0 fully saturated rings. The number of rotatable bonds is 4. The maximum absolute atomic E-state index is 12.1. The number of hydrogen-bond donors (Lipinski definition) is 1. The van der Waals surface area contributed by atoms with E-state index in [4.69, 9.17) is 9.15 Å². The molecule has 0 amide bonds. The van der Waals surface area contributed by atoms with Crippen molar-refractivity contribution in [3.8, 4) is 22.8 Å². The highest BCUT2D eigenvalue weighted by Crippen LogP contribution is 2.26. The van der Waals surface area contributed by atoms with E-state index in [1.54, 1.807) is 6.07 Å². The van der Waals surface area contributed by atoms with Gasteiger partial charge in [-0.3, -0.25) is 4.79 Å². The Kier molecular flexibility index (Phi) is 3.83. The second-order valence-corrected chi connectivity index (χ2v) is 5.03. The van der Waals surface area contributed by atoms with Crippen LogP contribution in [0.2, 0.25) is 0 Å². The normalized spacial score (nSPS) is 10.8. The lowest BCUT2D eigenvalue weighted by Crippen LogP contribution is -2.00. The molecule has 3 aromatic rings. The van der Waals surface area contributed by atoms with Gasteiger partial charge in [-0.05, 0) is 42.8 Å². The third-order valence-corrected chi connectivity index (χ3v) is 3.32. The van der Waals surface area contributed by atoms with Gasteiger partial charge in [0.05, 0.1) is 12.0 Å². The fourth-order valence-corrected chi connectivity index (χ4v) is 2.22. The van der Waals surface area contributed by atoms with Crippen molar-refractivity contribution in [2.24, 2.45) is 0 Å². The van der Waals surface area contributed by atoms with E-state index in [9.17, 15) is 9.90 Å². The van der Waals surface area contributed by atoms with E-state index in [-0.39, 0.29) is 11.2 Å². The first-order chi connectivity index (χ1) is 10.7. The largest absolute Gasteiger partial charge is 0.508 e. The molecule has 0 aliphatic heterocycles. The van der Waals surface area contributed by atoms with E-state index in [1.165, 1.54) is 18.2 Å². The standard InChI is InChI=1S/C18H16O4/c1-2-9-21-14-6-3-12(4-7-14)17-11-16(20)15-8-5-13(19)10-18(15)22-17/h3-8,10-11,19H,2,9H2,1H3. The van der Waals surface area contributed by atoms with Crippen molar-refractivity contribution < 1.29 is 14.3 Å². The molecule has 0 unspecified atom stereocenters. The van der Waals surface area contributed by atoms with Gasteiger partial charge in [-0.25, -0.2) is 0 Å². The average molecular weight is 296 g/mol. The smallest absolute Gasteiger partial charge is 0.193 e. The number of ether oxygens (including phenoxy) is 1. The van der Waals surface area contributed by atoms with Crippen molar-refractivity contribution in [2.45, 2.75) is 13.3 Å². The van der Waals surface area contributed by atoms with E-state index in [1.807, 2.05) is 31.2 Å². The molecule has 4 nitrogen and oxygen atoms in total. The molecule has 1 aromatic heterocycles. The molecule has 0 spiro atoms. The van der Waals surface area contributed by atoms with Crippen LogP contribution in [0, 0.1) is 0 Å². The van der Waals surface area contributed by atoms with E-state index in [2.05, 4.69) is 0 Å². The quantitative estimate of drug-likeness (QED) is 0.791. The van der Waals surface area contributed by atoms with Gasteiger partial charge in [0.1, 0.15) is 22.8 Å². The first-order valence-electron chi connectivity index (χ1n) is 7.17. The Morgan fingerprint density at radius 2 is 1.86 bits per heavy atom. The lowest BCUT2D eigenvalue weighted by Gasteiger charge is -2.06. The van der Waals surface area contributed by atoms with Crippen molar-refractivity contribution in [1.29, 1.82) is 0 Å². The van der Waals surface area contributed by atoms with Crippen LogP contribution in [0.5, 0.6) is 11.5 Å². The summed E-state index contributed by atoms with van der Waals surface area (Å²) in [5.41, 5.74) is 1.02. The fourth-order valence-electron chi connectivity index (χ4n) is 2.22. The van der Waals surface area contributed by atoms with Crippen LogP contribution in [0.25, 0.3) is 22.3 Å². The number of phenolic OH excluding ortho intramolecular Hbond substituents is 1. The van der Waals surface area contributed by atoms with Gasteiger partial charge in [-0.1, -0.05) is 6.92 Å². The number of phenols is 1. The van der Waals surface area contributed by atoms with Gasteiger partial charge in [-0.2, -0.15) is 0 Å². The monoisotopic (exact) mass is 296 g/mol. The highest BCUT2D eigenvalue weighted by atomic mass is 16.5. The minimum atomic E-state index is -0.137. The molecule has 112 valence electrons. The summed E-state index contributed by atoms with van der Waals surface area (Å²) >= 11 is 0. The highest BCUT2D eigenvalue weighted by molar-refractivity contribution is 5.80. The van der Waals surface area contributed by atoms with Crippen LogP contribution in [0.15, 0.2) is 57.7 Å². The highest BCUT2D eigenvalue weighted by Gasteiger charge is 2.08. The number of hydrogen-bond acceptors (Lipinski definition) is 4. The fraction of sp³-hybridized carbons (Fsp3) is 0.167. The predicted octanol–water partition coefficient (Wildman–Crippen LogP) is 3.95. The summed E-state index contributed by atoms with van der Waals surface area (Å²) in [6.07, 6.45) is 0.949. The van der Waals surface area contributed by atoms with Crippen LogP contribution in [0.4, 0.5) is 0 Å². The molecule has 0 saturated carbocycles. The maximum atomic E-state index is 12.1. The van der Waals surface area contributed by atoms with Crippen molar-refractivity contribution in [1.82, 2.24) is 0 Å². The van der Waals surface area contributed by atoms with E-state index >= 15 is 0 Å². The summed E-state index contributed by atoms with van der Waals surface area (Å²) < 4.78 is 11.3. The molecule has 0 bridgehead atoms. The summed E-state index contributed by atoms with van der Waals surface area (Å²) in [6, 6.07) is 13.3. The van der Waals surface area contributed by atoms with Crippen LogP contribution < -0.4 is 10.2 Å². The van der Waals surface area contributed by atoms with Crippen LogP contribution in [-0.4, -0.2) is 11.7 Å². The summed E-state index contributed by atoms with van der Waals surface area (Å²) in [5, 5.41) is 9.97. The van der Waals surface area contributed by atoms with Crippen LogP contribution in [0.3, 0.4) is 0 Å². The minimum Gasteiger partial charge on any atom is -0.508 e. The van der Waals surface area contributed by atoms with E-state index in [0.717, 1.165) is 17.7 Å². The molecular weight excluding hydrogens is 280 g/mol. The number of benzene rings is 2. The molecule has 1 heterocycles. The Morgan fingerprint density at radius 3 is 2.59 bits per heavy atom. The predicted molar refractivity (Wildman–Crippen MR) is 85.4 cm³/mol. The molecule has 2 aromatic carbocycles. The number of fused-ring (bicyclic) bond motifs is 1. The zero-order chi connectivity index (χ0) is 15.5. The SMILES string of the molecule is CCCOc1ccc(-c2cc(=O)c3ccc(O)cc3o2)cc1. The Hall–Kier alpha value is -2.75. The molecular formula is C18H16O4. The summed E-state index contributed by atoms with van der Waals surface area (Å²) in [5.74, 6) is 1.31. The first-order valence-corrected chi connectivity index (χ1v) is 7.17. The Balaban J connectivity index is 2.00. The Labute approximate surface area is 127 Å². The van der Waals surface area contributed by atoms with Crippen LogP contribution >= 0.6 is 0 Å². The van der Waals surface area contributed by atoms with E-state index < -0.39 is 0 Å². The molecule has 0 saturated heterocycles. The topological polar surface area (TPSA) is 59.7 Å². The zero-order valence-corrected chi connectivity index (χ0v) is 12.2. The van der Waals surface area contributed by atoms with Crippen LogP contribution in [0.1, 0.15) is 13.3 Å². The third-order valence-electron chi connectivity index (χ3n) is 3.32. The third kappa shape index (κ3) is 2.81. The molecule has 0 aliphatic rings. The lowest BCUT2D eigenvalue weighted by atomic mass is 10.1. The summed E-state index contributed by atoms with van der Waals surface area (Å²) in [4.78, 5) is 12.1. The lowest BCUT2D eigenvalue weighted by molar-refractivity contribution is 0.317. The van der Waals surface area contributed by atoms with Gasteiger partial charge in [0.2, 0.25) is 0 Å². The van der Waals surface area contributed by atoms with Gasteiger partial charge in [-0.15, -0.1) is 0 Å². The summed E-state index contributed by atoms with van der Waals surface area (Å²) in [7, 11) is 0. The second kappa shape index (κ2) is 5.93. The zero-order valence-electron chi connectivity index (χ0n) is 12.2. The molecule has 0 radical (unpaired) electrons. The van der Waals surface area contributed by atoms with Gasteiger partial charge in [0.15, 0.2) is 5.43 Å². The van der Waals surface area contributed by atoms with Crippen molar-refractivity contribution in [3.63, 3.8) is 0 Å². The van der Waals surface area contributed by atoms with Gasteiger partial charge in [0.25, 0.3) is 0 Å². The summed E-state index contributed by atoms with van der Waals surface area (Å²) in [6.45, 7) is 2.72. The Bertz CT molecular complexity index is 847. The Morgan fingerprint density at radius 1 is 1.09 bits per heavy atom. The minimum absolute atomic E-state index is 0.0658. The van der Waals surface area contributed by atoms with Gasteiger partial charge in [0, 0.05) is 17.7 Å². The van der Waals surface area contributed by atoms with Gasteiger partial charge >= 0.3 is 0 Å². The molecule has 22 heavy (non-hydrogen) atoms. The average Bonchev–Trinajstić information content (AvgIpc) is 2.53. The number of aromatic hydroxyl groups is 1. The van der Waals surface area contributed by atoms with E-state index in [0.29, 0.717) is 23.3 Å². The van der Waals surface area contributed by atoms with Crippen molar-refractivity contribution in [3.05, 3.63) is 58.8 Å². The molecule has 4 heteroatoms. The first kappa shape index (κ1) is 14.2. The second-order valence-electron chi connectivity index (χ2n) is 5.03. The maximum Gasteiger partial charge on any atom is 0.193 e. The van der Waals surface area contributed by atoms with Crippen molar-refractivity contribution >= 4 is 11.0 Å². The van der Waals surface area contributed by atoms with Crippen molar-refractivity contribution in [2.75, 3.05) is 6.61 Å². The van der Waals surface area contributed by atoms with Gasteiger partial charge < -0.3 is 14.3 Å². The van der Waals surface area contributed by atoms with Crippen LogP contribution in [-0.2, 0) is 0 Å².